The van der Waals surface area contributed by atoms with E-state index in [2.05, 4.69) is 4.74 Å². The number of hydrogen-bond acceptors (Lipinski definition) is 4. The number of hydrogen-bond donors (Lipinski definition) is 0. The molecule has 1 atom stereocenters. The fourth-order valence-electron chi connectivity index (χ4n) is 3.50. The van der Waals surface area contributed by atoms with Crippen LogP contribution in [0.15, 0.2) is 47.4 Å². The summed E-state index contributed by atoms with van der Waals surface area (Å²) in [6.07, 6.45) is -9.82. The van der Waals surface area contributed by atoms with Gasteiger partial charge in [-0.05, 0) is 37.3 Å². The fraction of sp³-hybridized carbons (Fsp3) is 0.368. The van der Waals surface area contributed by atoms with Gasteiger partial charge in [-0.1, -0.05) is 6.07 Å². The van der Waals surface area contributed by atoms with Crippen LogP contribution in [0, 0.1) is 5.82 Å². The molecule has 0 bridgehead atoms. The first-order valence-electron chi connectivity index (χ1n) is 9.18. The molecule has 13 heteroatoms. The Morgan fingerprint density at radius 3 is 2.28 bits per heavy atom. The van der Waals surface area contributed by atoms with Crippen molar-refractivity contribution in [1.29, 1.82) is 0 Å². The number of rotatable bonds is 4. The van der Waals surface area contributed by atoms with Gasteiger partial charge in [0.25, 0.3) is 0 Å². The van der Waals surface area contributed by atoms with Gasteiger partial charge in [0.15, 0.2) is 0 Å². The summed E-state index contributed by atoms with van der Waals surface area (Å²) >= 11 is 0. The van der Waals surface area contributed by atoms with Crippen LogP contribution in [0.5, 0.6) is 5.75 Å². The second kappa shape index (κ2) is 8.43. The molecular weight excluding hydrogens is 469 g/mol. The molecule has 2 aromatic carbocycles. The maximum absolute atomic E-state index is 13.4. The predicted molar refractivity (Wildman–Crippen MR) is 100 cm³/mol. The summed E-state index contributed by atoms with van der Waals surface area (Å²) in [5, 5.41) is 0. The Balaban J connectivity index is 1.84. The predicted octanol–water partition coefficient (Wildman–Crippen LogP) is 4.64. The van der Waals surface area contributed by atoms with E-state index in [1.54, 1.807) is 0 Å². The molecule has 176 valence electrons. The summed E-state index contributed by atoms with van der Waals surface area (Å²) in [7, 11) is -4.26. The number of alkyl halides is 6. The molecule has 0 spiro atoms. The minimum atomic E-state index is -5.01. The zero-order valence-electron chi connectivity index (χ0n) is 16.4. The summed E-state index contributed by atoms with van der Waals surface area (Å²) in [4.78, 5) is 0.847. The molecule has 1 heterocycles. The average molecular weight is 486 g/mol. The van der Waals surface area contributed by atoms with Crippen LogP contribution in [-0.2, 0) is 16.2 Å². The minimum Gasteiger partial charge on any atom is -0.406 e. The van der Waals surface area contributed by atoms with Crippen molar-refractivity contribution in [2.45, 2.75) is 30.4 Å². The van der Waals surface area contributed by atoms with E-state index < -0.39 is 50.6 Å². The SMILES string of the molecule is C[C@@H]1CN(c2ccc(F)cc2C(F)(F)F)CCN1S(=O)(=O)c1cccc(OC(F)(F)F)c1. The lowest BCUT2D eigenvalue weighted by Gasteiger charge is -2.40. The van der Waals surface area contributed by atoms with Crippen LogP contribution in [0.3, 0.4) is 0 Å². The van der Waals surface area contributed by atoms with Crippen LogP contribution in [0.25, 0.3) is 0 Å². The zero-order chi connectivity index (χ0) is 23.9. The summed E-state index contributed by atoms with van der Waals surface area (Å²) in [5.41, 5.74) is -1.47. The monoisotopic (exact) mass is 486 g/mol. The highest BCUT2D eigenvalue weighted by Crippen LogP contribution is 2.38. The van der Waals surface area contributed by atoms with Crippen LogP contribution >= 0.6 is 0 Å². The van der Waals surface area contributed by atoms with Crippen molar-refractivity contribution < 1.29 is 43.9 Å². The van der Waals surface area contributed by atoms with Gasteiger partial charge < -0.3 is 9.64 Å². The maximum Gasteiger partial charge on any atom is 0.573 e. The average Bonchev–Trinajstić information content (AvgIpc) is 2.66. The van der Waals surface area contributed by atoms with Gasteiger partial charge in [-0.25, -0.2) is 12.8 Å². The van der Waals surface area contributed by atoms with Crippen molar-refractivity contribution in [3.8, 4) is 5.75 Å². The van der Waals surface area contributed by atoms with E-state index in [4.69, 9.17) is 0 Å². The van der Waals surface area contributed by atoms with E-state index in [0.717, 1.165) is 40.7 Å². The fourth-order valence-corrected chi connectivity index (χ4v) is 5.14. The number of sulfonamides is 1. The molecule has 0 amide bonds. The summed E-state index contributed by atoms with van der Waals surface area (Å²) in [6, 6.07) is 5.26. The molecule has 1 saturated heterocycles. The molecule has 2 aromatic rings. The molecule has 0 aromatic heterocycles. The van der Waals surface area contributed by atoms with Crippen LogP contribution in [-0.4, -0.2) is 44.8 Å². The Labute approximate surface area is 179 Å². The highest BCUT2D eigenvalue weighted by molar-refractivity contribution is 7.89. The lowest BCUT2D eigenvalue weighted by Crippen LogP contribution is -2.54. The van der Waals surface area contributed by atoms with Gasteiger partial charge in [0.05, 0.1) is 10.5 Å². The molecule has 0 saturated carbocycles. The zero-order valence-corrected chi connectivity index (χ0v) is 17.2. The smallest absolute Gasteiger partial charge is 0.406 e. The number of nitrogens with zero attached hydrogens (tertiary/aromatic N) is 2. The number of ether oxygens (including phenoxy) is 1. The Morgan fingerprint density at radius 2 is 1.69 bits per heavy atom. The second-order valence-corrected chi connectivity index (χ2v) is 8.98. The van der Waals surface area contributed by atoms with Crippen molar-refractivity contribution >= 4 is 15.7 Å². The van der Waals surface area contributed by atoms with E-state index in [1.807, 2.05) is 0 Å². The quantitative estimate of drug-likeness (QED) is 0.591. The molecule has 5 nitrogen and oxygen atoms in total. The van der Waals surface area contributed by atoms with Gasteiger partial charge >= 0.3 is 12.5 Å². The Hall–Kier alpha value is -2.54. The van der Waals surface area contributed by atoms with Gasteiger partial charge in [-0.3, -0.25) is 0 Å². The third-order valence-electron chi connectivity index (χ3n) is 4.82. The number of halogens is 7. The van der Waals surface area contributed by atoms with E-state index in [0.29, 0.717) is 6.07 Å². The summed E-state index contributed by atoms with van der Waals surface area (Å²) in [6.45, 7) is 0.933. The molecule has 3 rings (SSSR count). The van der Waals surface area contributed by atoms with E-state index in [-0.39, 0.29) is 25.3 Å². The largest absolute Gasteiger partial charge is 0.573 e. The molecule has 32 heavy (non-hydrogen) atoms. The lowest BCUT2D eigenvalue weighted by molar-refractivity contribution is -0.274. The number of anilines is 1. The van der Waals surface area contributed by atoms with Gasteiger partial charge in [0, 0.05) is 37.4 Å². The molecule has 0 aliphatic carbocycles. The second-order valence-electron chi connectivity index (χ2n) is 7.09. The Kier molecular flexibility index (Phi) is 6.35. The van der Waals surface area contributed by atoms with E-state index in [1.165, 1.54) is 11.8 Å². The minimum absolute atomic E-state index is 0.142. The van der Waals surface area contributed by atoms with Crippen LogP contribution in [0.1, 0.15) is 12.5 Å². The van der Waals surface area contributed by atoms with Crippen LogP contribution < -0.4 is 9.64 Å². The lowest BCUT2D eigenvalue weighted by atomic mass is 10.1. The van der Waals surface area contributed by atoms with Crippen molar-refractivity contribution in [1.82, 2.24) is 4.31 Å². The van der Waals surface area contributed by atoms with Crippen molar-refractivity contribution in [3.05, 3.63) is 53.8 Å². The van der Waals surface area contributed by atoms with Crippen LogP contribution in [0.4, 0.5) is 36.4 Å². The Morgan fingerprint density at radius 1 is 1.00 bits per heavy atom. The molecule has 1 aliphatic heterocycles. The van der Waals surface area contributed by atoms with Gasteiger partial charge in [0.2, 0.25) is 10.0 Å². The van der Waals surface area contributed by atoms with Gasteiger partial charge in [-0.15, -0.1) is 13.2 Å². The van der Waals surface area contributed by atoms with Gasteiger partial charge in [0.1, 0.15) is 11.6 Å². The number of piperazine rings is 1. The first-order valence-corrected chi connectivity index (χ1v) is 10.6. The van der Waals surface area contributed by atoms with E-state index in [9.17, 15) is 39.2 Å². The van der Waals surface area contributed by atoms with Crippen LogP contribution in [0.2, 0.25) is 0 Å². The molecule has 0 unspecified atom stereocenters. The summed E-state index contributed by atoms with van der Waals surface area (Å²) in [5.74, 6) is -1.78. The topological polar surface area (TPSA) is 49.9 Å². The third-order valence-corrected chi connectivity index (χ3v) is 6.83. The first kappa shape index (κ1) is 24.1. The molecular formula is C19H17F7N2O3S. The molecule has 0 N–H and O–H groups in total. The normalized spacial score (nSPS) is 18.6. The van der Waals surface area contributed by atoms with E-state index >= 15 is 0 Å². The van der Waals surface area contributed by atoms with Crippen molar-refractivity contribution in [3.63, 3.8) is 0 Å². The standard InChI is InChI=1S/C19H17F7N2O3S/c1-12-11-27(17-6-5-13(20)9-16(17)18(21,22)23)7-8-28(12)32(29,30)15-4-2-3-14(10-15)31-19(24,25)26/h2-6,9-10,12H,7-8,11H2,1H3/t12-/m1/s1. The maximum atomic E-state index is 13.4. The third kappa shape index (κ3) is 5.26. The van der Waals surface area contributed by atoms with Gasteiger partial charge in [-0.2, -0.15) is 17.5 Å². The number of benzene rings is 2. The van der Waals surface area contributed by atoms with Crippen molar-refractivity contribution in [2.75, 3.05) is 24.5 Å². The molecule has 1 fully saturated rings. The highest BCUT2D eigenvalue weighted by atomic mass is 32.2. The first-order chi connectivity index (χ1) is 14.7. The molecule has 0 radical (unpaired) electrons. The molecule has 1 aliphatic rings. The van der Waals surface area contributed by atoms with Crippen molar-refractivity contribution in [2.24, 2.45) is 0 Å². The Bertz CT molecular complexity index is 1090. The highest BCUT2D eigenvalue weighted by Gasteiger charge is 2.39. The summed E-state index contributed by atoms with van der Waals surface area (Å²) < 4.78 is 121.